The highest BCUT2D eigenvalue weighted by Crippen LogP contribution is 2.24. The van der Waals surface area contributed by atoms with E-state index in [1.54, 1.807) is 31.3 Å². The summed E-state index contributed by atoms with van der Waals surface area (Å²) in [6, 6.07) is 10.7. The zero-order valence-corrected chi connectivity index (χ0v) is 20.3. The van der Waals surface area contributed by atoms with Gasteiger partial charge < -0.3 is 19.5 Å². The van der Waals surface area contributed by atoms with Crippen molar-refractivity contribution in [3.63, 3.8) is 0 Å². The van der Waals surface area contributed by atoms with E-state index in [1.165, 1.54) is 23.7 Å². The van der Waals surface area contributed by atoms with Crippen molar-refractivity contribution in [2.24, 2.45) is 0 Å². The number of amides is 2. The molecule has 9 nitrogen and oxygen atoms in total. The monoisotopic (exact) mass is 482 g/mol. The predicted octanol–water partition coefficient (Wildman–Crippen LogP) is 3.54. The molecule has 2 amide bonds. The van der Waals surface area contributed by atoms with Crippen molar-refractivity contribution < 1.29 is 23.6 Å². The number of carbonyl (C=O) groups excluding carboxylic acids is 3. The molecule has 0 spiro atoms. The number of rotatable bonds is 9. The average molecular weight is 483 g/mol. The minimum Gasteiger partial charge on any atom is -0.452 e. The van der Waals surface area contributed by atoms with Crippen LogP contribution in [-0.4, -0.2) is 53.0 Å². The van der Waals surface area contributed by atoms with Crippen molar-refractivity contribution >= 4 is 35.2 Å². The lowest BCUT2D eigenvalue weighted by molar-refractivity contribution is -0.136. The summed E-state index contributed by atoms with van der Waals surface area (Å²) in [6.07, 6.45) is 1.57. The van der Waals surface area contributed by atoms with Crippen LogP contribution in [0.3, 0.4) is 0 Å². The highest BCUT2D eigenvalue weighted by atomic mass is 32.2. The second kappa shape index (κ2) is 11.5. The molecule has 2 heterocycles. The molecule has 0 aliphatic heterocycles. The van der Waals surface area contributed by atoms with E-state index >= 15 is 0 Å². The third-order valence-electron chi connectivity index (χ3n) is 4.90. The fraction of sp³-hybridized carbons (Fsp3) is 0.292. The largest absolute Gasteiger partial charge is 0.452 e. The molecule has 2 aromatic heterocycles. The summed E-state index contributed by atoms with van der Waals surface area (Å²) in [5.74, 6) is -0.351. The number of likely N-dealkylation sites (N-methyl/N-ethyl adjacent to an activating group) is 1. The molecular weight excluding hydrogens is 456 g/mol. The van der Waals surface area contributed by atoms with Gasteiger partial charge in [0.05, 0.1) is 17.8 Å². The number of aryl methyl sites for hydroxylation is 3. The van der Waals surface area contributed by atoms with Gasteiger partial charge in [-0.1, -0.05) is 35.1 Å². The lowest BCUT2D eigenvalue weighted by Crippen LogP contribution is -2.37. The van der Waals surface area contributed by atoms with Crippen LogP contribution in [0.25, 0.3) is 0 Å². The van der Waals surface area contributed by atoms with E-state index in [0.29, 0.717) is 16.5 Å². The molecule has 0 aliphatic rings. The third-order valence-corrected chi connectivity index (χ3v) is 5.94. The maximum Gasteiger partial charge on any atom is 0.341 e. The number of carbonyl (C=O) groups is 3. The number of thioether (sulfide) groups is 1. The number of nitrogens with zero attached hydrogens (tertiary/aromatic N) is 3. The molecule has 0 fully saturated rings. The van der Waals surface area contributed by atoms with Crippen LogP contribution in [0.4, 0.5) is 5.69 Å². The number of benzene rings is 1. The van der Waals surface area contributed by atoms with E-state index in [4.69, 9.17) is 9.26 Å². The Morgan fingerprint density at radius 3 is 2.53 bits per heavy atom. The molecule has 0 bridgehead atoms. The van der Waals surface area contributed by atoms with Crippen LogP contribution in [-0.2, 0) is 20.1 Å². The number of esters is 1. The van der Waals surface area contributed by atoms with Gasteiger partial charge >= 0.3 is 5.97 Å². The van der Waals surface area contributed by atoms with Crippen molar-refractivity contribution in [2.75, 3.05) is 25.5 Å². The van der Waals surface area contributed by atoms with Crippen molar-refractivity contribution in [1.82, 2.24) is 15.0 Å². The second-order valence-electron chi connectivity index (χ2n) is 7.71. The number of hydrogen-bond donors (Lipinski definition) is 1. The van der Waals surface area contributed by atoms with Gasteiger partial charge in [-0.15, -0.1) is 0 Å². The topological polar surface area (TPSA) is 115 Å². The first-order valence-corrected chi connectivity index (χ1v) is 11.5. The Morgan fingerprint density at radius 1 is 1.12 bits per heavy atom. The number of nitrogens with one attached hydrogen (secondary N) is 1. The molecule has 0 aliphatic carbocycles. The van der Waals surface area contributed by atoms with Gasteiger partial charge in [0.2, 0.25) is 5.91 Å². The van der Waals surface area contributed by atoms with Crippen molar-refractivity contribution in [3.8, 4) is 0 Å². The van der Waals surface area contributed by atoms with E-state index in [1.807, 2.05) is 32.0 Å². The van der Waals surface area contributed by atoms with E-state index < -0.39 is 18.5 Å². The van der Waals surface area contributed by atoms with Gasteiger partial charge in [0.1, 0.15) is 10.8 Å². The Labute approximate surface area is 201 Å². The summed E-state index contributed by atoms with van der Waals surface area (Å²) in [5, 5.41) is 7.21. The van der Waals surface area contributed by atoms with Crippen molar-refractivity contribution in [3.05, 3.63) is 70.7 Å². The Balaban J connectivity index is 1.52. The Hall–Kier alpha value is -3.66. The smallest absolute Gasteiger partial charge is 0.341 e. The summed E-state index contributed by atoms with van der Waals surface area (Å²) in [5.41, 5.74) is 3.56. The molecule has 10 heteroatoms. The zero-order valence-electron chi connectivity index (χ0n) is 19.5. The molecule has 1 N–H and O–H groups in total. The predicted molar refractivity (Wildman–Crippen MR) is 128 cm³/mol. The van der Waals surface area contributed by atoms with Crippen LogP contribution < -0.4 is 5.32 Å². The lowest BCUT2D eigenvalue weighted by Gasteiger charge is -2.18. The van der Waals surface area contributed by atoms with Gasteiger partial charge in [-0.25, -0.2) is 9.78 Å². The van der Waals surface area contributed by atoms with Gasteiger partial charge in [0, 0.05) is 30.8 Å². The maximum absolute atomic E-state index is 12.6. The van der Waals surface area contributed by atoms with E-state index in [-0.39, 0.29) is 18.0 Å². The van der Waals surface area contributed by atoms with Crippen LogP contribution in [0.2, 0.25) is 0 Å². The van der Waals surface area contributed by atoms with Crippen LogP contribution in [0.5, 0.6) is 0 Å². The zero-order chi connectivity index (χ0) is 24.7. The molecule has 3 aromatic rings. The number of aromatic nitrogens is 2. The average Bonchev–Trinajstić information content (AvgIpc) is 3.23. The van der Waals surface area contributed by atoms with E-state index in [0.717, 1.165) is 22.5 Å². The van der Waals surface area contributed by atoms with Gasteiger partial charge in [-0.2, -0.15) is 0 Å². The fourth-order valence-electron chi connectivity index (χ4n) is 3.10. The van der Waals surface area contributed by atoms with Crippen LogP contribution >= 0.6 is 11.8 Å². The Bertz CT molecular complexity index is 1170. The van der Waals surface area contributed by atoms with Crippen molar-refractivity contribution in [2.45, 2.75) is 31.6 Å². The highest BCUT2D eigenvalue weighted by Gasteiger charge is 2.19. The molecule has 34 heavy (non-hydrogen) atoms. The number of para-hydroxylation sites is 1. The van der Waals surface area contributed by atoms with Gasteiger partial charge in [0.25, 0.3) is 5.91 Å². The van der Waals surface area contributed by atoms with Gasteiger partial charge in [-0.3, -0.25) is 9.59 Å². The normalized spacial score (nSPS) is 10.6. The highest BCUT2D eigenvalue weighted by molar-refractivity contribution is 7.98. The van der Waals surface area contributed by atoms with E-state index in [9.17, 15) is 14.4 Å². The summed E-state index contributed by atoms with van der Waals surface area (Å²) in [7, 11) is 1.48. The first-order chi connectivity index (χ1) is 16.2. The summed E-state index contributed by atoms with van der Waals surface area (Å²) >= 11 is 1.31. The van der Waals surface area contributed by atoms with Crippen LogP contribution in [0.15, 0.2) is 52.1 Å². The standard InChI is InChI=1S/C24H26N4O5S/c1-15-7-5-8-16(2)22(15)26-20(29)12-28(4)21(30)13-32-24(31)19-9-6-10-25-23(19)34-14-18-11-17(3)33-27-18/h5-11H,12-14H2,1-4H3,(H,26,29). The second-order valence-corrected chi connectivity index (χ2v) is 8.68. The Kier molecular flexibility index (Phi) is 8.42. The number of hydrogen-bond acceptors (Lipinski definition) is 8. The minimum absolute atomic E-state index is 0.171. The molecule has 0 saturated heterocycles. The molecule has 0 unspecified atom stereocenters. The van der Waals surface area contributed by atoms with Gasteiger partial charge in [-0.05, 0) is 44.0 Å². The molecule has 0 saturated carbocycles. The molecule has 0 atom stereocenters. The first-order valence-electron chi connectivity index (χ1n) is 10.5. The first kappa shape index (κ1) is 25.0. The SMILES string of the molecule is Cc1cc(CSc2ncccc2C(=O)OCC(=O)N(C)CC(=O)Nc2c(C)cccc2C)no1. The molecule has 178 valence electrons. The summed E-state index contributed by atoms with van der Waals surface area (Å²) in [4.78, 5) is 42.8. The quantitative estimate of drug-likeness (QED) is 0.364. The maximum atomic E-state index is 12.6. The van der Waals surface area contributed by atoms with Gasteiger partial charge in [0.15, 0.2) is 6.61 Å². The fourth-order valence-corrected chi connectivity index (χ4v) is 3.96. The van der Waals surface area contributed by atoms with Crippen LogP contribution in [0.1, 0.15) is 32.9 Å². The summed E-state index contributed by atoms with van der Waals surface area (Å²) < 4.78 is 10.2. The summed E-state index contributed by atoms with van der Waals surface area (Å²) in [6.45, 7) is 4.93. The number of pyridine rings is 1. The molecular formula is C24H26N4O5S. The Morgan fingerprint density at radius 2 is 1.85 bits per heavy atom. The third kappa shape index (κ3) is 6.67. The lowest BCUT2D eigenvalue weighted by atomic mass is 10.1. The van der Waals surface area contributed by atoms with Crippen molar-refractivity contribution in [1.29, 1.82) is 0 Å². The molecule has 1 aromatic carbocycles. The van der Waals surface area contributed by atoms with E-state index in [2.05, 4.69) is 15.5 Å². The van der Waals surface area contributed by atoms with Crippen LogP contribution in [0, 0.1) is 20.8 Å². The number of anilines is 1. The molecule has 3 rings (SSSR count). The number of ether oxygens (including phenoxy) is 1. The minimum atomic E-state index is -0.673. The molecule has 0 radical (unpaired) electrons.